The van der Waals surface area contributed by atoms with Crippen molar-refractivity contribution in [3.8, 4) is 5.88 Å². The number of nitrogens with zero attached hydrogens (tertiary/aromatic N) is 5. The Morgan fingerprint density at radius 2 is 1.68 bits per heavy atom. The summed E-state index contributed by atoms with van der Waals surface area (Å²) in [6.45, 7) is 9.14. The molecule has 1 atom stereocenters. The van der Waals surface area contributed by atoms with Gasteiger partial charge in [0, 0.05) is 49.6 Å². The smallest absolute Gasteiger partial charge is 0.370 e. The number of pyridine rings is 1. The van der Waals surface area contributed by atoms with E-state index in [0.717, 1.165) is 60.6 Å². The summed E-state index contributed by atoms with van der Waals surface area (Å²) >= 11 is 0. The molecule has 0 bridgehead atoms. The Hall–Kier alpha value is -4.02. The Labute approximate surface area is 293 Å². The summed E-state index contributed by atoms with van der Waals surface area (Å²) in [5, 5.41) is 26.6. The normalized spacial score (nSPS) is 15.1. The molecule has 3 N–H and O–H groups in total. The zero-order valence-corrected chi connectivity index (χ0v) is 29.3. The number of fused-ring (bicyclic) bond motifs is 1. The monoisotopic (exact) mass is 700 g/mol. The number of aliphatic hydroxyl groups is 1. The molecule has 0 radical (unpaired) electrons. The molecule has 1 aliphatic heterocycles. The van der Waals surface area contributed by atoms with Gasteiger partial charge in [0.1, 0.15) is 24.8 Å². The van der Waals surface area contributed by atoms with Gasteiger partial charge >= 0.3 is 5.97 Å². The molecule has 50 heavy (non-hydrogen) atoms. The second-order valence-corrected chi connectivity index (χ2v) is 11.6. The maximum absolute atomic E-state index is 10.8. The summed E-state index contributed by atoms with van der Waals surface area (Å²) in [7, 11) is 0. The molecular weight excluding hydrogens is 648 g/mol. The molecule has 1 aliphatic rings. The first kappa shape index (κ1) is 38.8. The highest BCUT2D eigenvalue weighted by atomic mass is 16.6. The number of aliphatic carboxylic acids is 1. The van der Waals surface area contributed by atoms with Gasteiger partial charge in [-0.15, -0.1) is 0 Å². The summed E-state index contributed by atoms with van der Waals surface area (Å²) in [6, 6.07) is 6.17. The number of anilines is 2. The number of rotatable bonds is 25. The van der Waals surface area contributed by atoms with E-state index in [1.807, 2.05) is 22.8 Å². The number of piperidine rings is 1. The molecule has 3 aromatic heterocycles. The summed E-state index contributed by atoms with van der Waals surface area (Å²) < 4.78 is 34.5. The molecule has 0 amide bonds. The van der Waals surface area contributed by atoms with Crippen molar-refractivity contribution in [3.63, 3.8) is 0 Å². The van der Waals surface area contributed by atoms with Crippen molar-refractivity contribution in [2.24, 2.45) is 0 Å². The number of hydrogen-bond acceptors (Lipinski definition) is 13. The molecule has 1 fully saturated rings. The lowest BCUT2D eigenvalue weighted by atomic mass is 9.99. The predicted molar refractivity (Wildman–Crippen MR) is 187 cm³/mol. The van der Waals surface area contributed by atoms with E-state index < -0.39 is 5.97 Å². The van der Waals surface area contributed by atoms with Crippen LogP contribution in [-0.2, 0) is 41.4 Å². The first-order valence-electron chi connectivity index (χ1n) is 17.4. The zero-order chi connectivity index (χ0) is 35.4. The van der Waals surface area contributed by atoms with Crippen LogP contribution >= 0.6 is 0 Å². The average Bonchev–Trinajstić information content (AvgIpc) is 3.56. The summed E-state index contributed by atoms with van der Waals surface area (Å²) in [5.74, 6) is 1.11. The van der Waals surface area contributed by atoms with Gasteiger partial charge in [-0.3, -0.25) is 0 Å². The highest BCUT2D eigenvalue weighted by Gasteiger charge is 2.25. The van der Waals surface area contributed by atoms with E-state index in [1.54, 1.807) is 13.1 Å². The number of aliphatic hydroxyl groups excluding tert-OH is 1. The summed E-state index contributed by atoms with van der Waals surface area (Å²) in [6.07, 6.45) is 10.00. The number of allylic oxidation sites excluding steroid dienone is 1. The van der Waals surface area contributed by atoms with Gasteiger partial charge < -0.3 is 48.9 Å². The molecule has 0 aliphatic carbocycles. The van der Waals surface area contributed by atoms with Gasteiger partial charge in [-0.05, 0) is 50.7 Å². The number of hydrogen-bond donors (Lipinski definition) is 3. The van der Waals surface area contributed by atoms with E-state index in [4.69, 9.17) is 38.5 Å². The number of carboxylic acids is 1. The van der Waals surface area contributed by atoms with Crippen LogP contribution in [0.25, 0.3) is 5.65 Å². The van der Waals surface area contributed by atoms with Crippen molar-refractivity contribution in [1.29, 1.82) is 0 Å². The third kappa shape index (κ3) is 12.4. The minimum Gasteiger partial charge on any atom is -0.484 e. The van der Waals surface area contributed by atoms with Crippen LogP contribution in [0.2, 0.25) is 0 Å². The lowest BCUT2D eigenvalue weighted by Gasteiger charge is -2.36. The fourth-order valence-corrected chi connectivity index (χ4v) is 5.51. The molecular formula is C35H52N6O9. The zero-order valence-electron chi connectivity index (χ0n) is 29.3. The Morgan fingerprint density at radius 1 is 0.980 bits per heavy atom. The highest BCUT2D eigenvalue weighted by molar-refractivity contribution is 5.84. The van der Waals surface area contributed by atoms with E-state index in [2.05, 4.69) is 33.3 Å². The standard InChI is InChI=1S/C35H52N6O9/c1-3-28-26-38-41-31(23-32(39-34(28)41)40-11-6-5-7-29(40)10-12-42)36-24-27-8-9-33(37-25-27)50-22-20-48-18-16-46-14-13-45-15-17-47-19-21-49-30(4-2)35(43)44/h4,8-9,23,25-26,29,36,42H,3,5-7,10-22,24H2,1-2H3,(H,43,44). The molecule has 0 saturated carbocycles. The lowest BCUT2D eigenvalue weighted by Crippen LogP contribution is -2.40. The molecule has 15 heteroatoms. The second kappa shape index (κ2) is 21.9. The molecule has 3 aromatic rings. The van der Waals surface area contributed by atoms with Gasteiger partial charge in [-0.25, -0.2) is 14.8 Å². The molecule has 0 spiro atoms. The fourth-order valence-electron chi connectivity index (χ4n) is 5.51. The van der Waals surface area contributed by atoms with Gasteiger partial charge in [-0.1, -0.05) is 13.0 Å². The quantitative estimate of drug-likeness (QED) is 0.0667. The van der Waals surface area contributed by atoms with Crippen LogP contribution < -0.4 is 15.0 Å². The Kier molecular flexibility index (Phi) is 17.0. The van der Waals surface area contributed by atoms with E-state index in [9.17, 15) is 9.90 Å². The average molecular weight is 701 g/mol. The van der Waals surface area contributed by atoms with Gasteiger partial charge in [0.15, 0.2) is 11.4 Å². The van der Waals surface area contributed by atoms with Crippen LogP contribution in [0.15, 0.2) is 42.4 Å². The van der Waals surface area contributed by atoms with Crippen molar-refractivity contribution in [2.75, 3.05) is 89.4 Å². The topological polar surface area (TPSA) is 171 Å². The van der Waals surface area contributed by atoms with Crippen molar-refractivity contribution < 1.29 is 43.4 Å². The summed E-state index contributed by atoms with van der Waals surface area (Å²) in [5.41, 5.74) is 2.95. The Bertz CT molecular complexity index is 1450. The number of aromatic nitrogens is 4. The molecule has 0 aromatic carbocycles. The predicted octanol–water partition coefficient (Wildman–Crippen LogP) is 3.49. The van der Waals surface area contributed by atoms with Gasteiger partial charge in [0.05, 0.1) is 59.1 Å². The molecule has 1 saturated heterocycles. The molecule has 276 valence electrons. The fraction of sp³-hybridized carbons (Fsp3) is 0.600. The third-order valence-corrected chi connectivity index (χ3v) is 8.12. The number of carboxylic acid groups (broad SMARTS) is 1. The maximum atomic E-state index is 10.8. The Morgan fingerprint density at radius 3 is 2.30 bits per heavy atom. The molecule has 4 rings (SSSR count). The van der Waals surface area contributed by atoms with Crippen LogP contribution in [0.1, 0.15) is 50.7 Å². The second-order valence-electron chi connectivity index (χ2n) is 11.6. The molecule has 4 heterocycles. The van der Waals surface area contributed by atoms with E-state index in [-0.39, 0.29) is 31.6 Å². The van der Waals surface area contributed by atoms with E-state index in [1.165, 1.54) is 12.5 Å². The maximum Gasteiger partial charge on any atom is 0.370 e. The van der Waals surface area contributed by atoms with Crippen molar-refractivity contribution in [1.82, 2.24) is 19.6 Å². The number of nitrogens with one attached hydrogen (secondary N) is 1. The van der Waals surface area contributed by atoms with Crippen LogP contribution in [0.5, 0.6) is 5.88 Å². The minimum atomic E-state index is -1.10. The van der Waals surface area contributed by atoms with Gasteiger partial charge in [0.25, 0.3) is 0 Å². The SMILES string of the molecule is CC=C(OCCOCCOCCOCCOCCOc1ccc(CNc2cc(N3CCCCC3CCO)nc3c(CC)cnn23)cn1)C(=O)O. The number of aryl methyl sites for hydroxylation is 1. The van der Waals surface area contributed by atoms with Crippen molar-refractivity contribution >= 4 is 23.3 Å². The number of ether oxygens (including phenoxy) is 6. The minimum absolute atomic E-state index is 0.0911. The number of carbonyl (C=O) groups is 1. The van der Waals surface area contributed by atoms with Crippen LogP contribution in [-0.4, -0.2) is 121 Å². The van der Waals surface area contributed by atoms with Crippen molar-refractivity contribution in [2.45, 2.75) is 58.5 Å². The van der Waals surface area contributed by atoms with Crippen LogP contribution in [0, 0.1) is 0 Å². The highest BCUT2D eigenvalue weighted by Crippen LogP contribution is 2.29. The van der Waals surface area contributed by atoms with Gasteiger partial charge in [-0.2, -0.15) is 9.61 Å². The lowest BCUT2D eigenvalue weighted by molar-refractivity contribution is -0.137. The summed E-state index contributed by atoms with van der Waals surface area (Å²) in [4.78, 5) is 22.6. The Balaban J connectivity index is 1.08. The van der Waals surface area contributed by atoms with Crippen LogP contribution in [0.3, 0.4) is 0 Å². The van der Waals surface area contributed by atoms with Gasteiger partial charge in [0.2, 0.25) is 5.88 Å². The third-order valence-electron chi connectivity index (χ3n) is 8.12. The molecule has 15 nitrogen and oxygen atoms in total. The first-order valence-corrected chi connectivity index (χ1v) is 17.4. The first-order chi connectivity index (χ1) is 24.5. The molecule has 1 unspecified atom stereocenters. The van der Waals surface area contributed by atoms with E-state index in [0.29, 0.717) is 65.3 Å². The van der Waals surface area contributed by atoms with E-state index >= 15 is 0 Å². The van der Waals surface area contributed by atoms with Crippen molar-refractivity contribution in [3.05, 3.63) is 53.6 Å². The van der Waals surface area contributed by atoms with Crippen LogP contribution in [0.4, 0.5) is 11.6 Å². The largest absolute Gasteiger partial charge is 0.484 e.